The molecule has 0 radical (unpaired) electrons. The van der Waals surface area contributed by atoms with E-state index in [2.05, 4.69) is 148 Å². The Morgan fingerprint density at radius 1 is 0.312 bits per heavy atom. The molecule has 0 N–H and O–H groups in total. The molecule has 5 aromatic carbocycles. The minimum absolute atomic E-state index is 0.351. The molecule has 5 aliphatic heterocycles. The SMILES string of the molecule is CC(C)c1cc2cc3c(cc2s1)OCO3.CC(C)c1cc2ccc3c(c2s1)CCCO3.CC(C)c1cc2ccc3c(c2s1)CCO3.CC(C)c1cc2ccc3c(c2s1)OCCO3.CC(C)c1cc2ccc3c(c2s1)OCO3. The summed E-state index contributed by atoms with van der Waals surface area (Å²) in [7, 11) is 0. The molecule has 0 amide bonds. The van der Waals surface area contributed by atoms with Crippen LogP contribution in [0.3, 0.4) is 0 Å². The van der Waals surface area contributed by atoms with Crippen molar-refractivity contribution in [3.05, 3.63) is 127 Å². The van der Waals surface area contributed by atoms with E-state index in [-0.39, 0.29) is 0 Å². The lowest BCUT2D eigenvalue weighted by molar-refractivity contribution is 0.174. The molecular weight excluding hydrogens is 1060 g/mol. The van der Waals surface area contributed by atoms with E-state index in [9.17, 15) is 0 Å². The summed E-state index contributed by atoms with van der Waals surface area (Å²) < 4.78 is 50.8. The van der Waals surface area contributed by atoms with Crippen molar-refractivity contribution < 1.29 is 37.9 Å². The van der Waals surface area contributed by atoms with Crippen LogP contribution in [0.25, 0.3) is 50.4 Å². The molecule has 0 spiro atoms. The van der Waals surface area contributed by atoms with Crippen LogP contribution in [0.4, 0.5) is 0 Å². The first-order valence-corrected chi connectivity index (χ1v) is 31.2. The van der Waals surface area contributed by atoms with Crippen molar-refractivity contribution in [2.75, 3.05) is 40.0 Å². The Kier molecular flexibility index (Phi) is 15.9. The number of rotatable bonds is 5. The number of hydrogen-bond donors (Lipinski definition) is 0. The molecule has 0 unspecified atom stereocenters. The third-order valence-corrected chi connectivity index (χ3v) is 21.4. The molecule has 0 saturated heterocycles. The molecule has 8 nitrogen and oxygen atoms in total. The Labute approximate surface area is 472 Å². The van der Waals surface area contributed by atoms with Crippen molar-refractivity contribution in [2.24, 2.45) is 0 Å². The van der Waals surface area contributed by atoms with E-state index in [1.165, 1.54) is 92.4 Å². The van der Waals surface area contributed by atoms with Crippen molar-refractivity contribution in [3.8, 4) is 46.0 Å². The van der Waals surface area contributed by atoms with E-state index in [0.29, 0.717) is 56.4 Å². The van der Waals surface area contributed by atoms with Crippen molar-refractivity contribution in [1.29, 1.82) is 0 Å². The summed E-state index contributed by atoms with van der Waals surface area (Å²) in [5, 5.41) is 6.55. The van der Waals surface area contributed by atoms with Gasteiger partial charge in [0.25, 0.3) is 0 Å². The first kappa shape index (κ1) is 53.3. The van der Waals surface area contributed by atoms with Crippen LogP contribution in [-0.2, 0) is 12.8 Å². The standard InChI is InChI=1S/C14H16OS.C13H14O2S.C13H14OS.2C12H12O2S/c1-9(2)13-8-10-5-6-12-11(14(10)16-13)4-3-7-15-12;1-8(2)11-7-9-3-4-10-12(13(9)16-11)15-6-5-14-10;1-8(2)12-7-9-3-4-11-10(5-6-14-11)13(9)15-12;1-7(2)11-4-8-3-9-10(14-6-13-9)5-12(8)15-11;1-7(2)10-5-8-3-4-9-11(12(8)15-10)14-6-13-9/h5-6,8-9H,3-4,7H2,1-2H3;3-4,7-8H,5-6H2,1-2H3;3-4,7-8H,5-6H2,1-2H3;2*3-5,7H,6H2,1-2H3. The number of benzene rings is 5. The summed E-state index contributed by atoms with van der Waals surface area (Å²) in [5.41, 5.74) is 2.85. The van der Waals surface area contributed by atoms with Crippen LogP contribution in [-0.4, -0.2) is 40.0 Å². The first-order chi connectivity index (χ1) is 37.3. The Balaban J connectivity index is 0.000000102. The fourth-order valence-electron chi connectivity index (χ4n) is 9.74. The van der Waals surface area contributed by atoms with E-state index < -0.39 is 0 Å². The predicted molar refractivity (Wildman–Crippen MR) is 326 cm³/mol. The van der Waals surface area contributed by atoms with Gasteiger partial charge in [0, 0.05) is 62.1 Å². The van der Waals surface area contributed by atoms with Gasteiger partial charge in [-0.1, -0.05) is 69.2 Å². The smallest absolute Gasteiger partial charge is 0.231 e. The van der Waals surface area contributed by atoms with Crippen molar-refractivity contribution in [3.63, 3.8) is 0 Å². The fourth-order valence-corrected chi connectivity index (χ4v) is 15.6. The maximum Gasteiger partial charge on any atom is 0.231 e. The summed E-state index contributed by atoms with van der Waals surface area (Å²) in [5.74, 6) is 10.5. The summed E-state index contributed by atoms with van der Waals surface area (Å²) in [4.78, 5) is 7.17. The third-order valence-electron chi connectivity index (χ3n) is 14.1. The zero-order valence-corrected chi connectivity index (χ0v) is 49.8. The Bertz CT molecular complexity index is 3480. The van der Waals surface area contributed by atoms with Crippen LogP contribution in [0.1, 0.15) is 141 Å². The van der Waals surface area contributed by atoms with Crippen LogP contribution < -0.4 is 37.9 Å². The quantitative estimate of drug-likeness (QED) is 0.169. The molecule has 0 bridgehead atoms. The lowest BCUT2D eigenvalue weighted by Crippen LogP contribution is -2.15. The minimum atomic E-state index is 0.351. The highest BCUT2D eigenvalue weighted by molar-refractivity contribution is 7.20. The molecule has 0 saturated carbocycles. The lowest BCUT2D eigenvalue weighted by atomic mass is 10.0. The molecule has 0 aliphatic carbocycles. The predicted octanol–water partition coefficient (Wildman–Crippen LogP) is 19.6. The van der Waals surface area contributed by atoms with E-state index in [1.807, 2.05) is 57.5 Å². The molecule has 402 valence electrons. The molecular formula is C64H68O8S5. The van der Waals surface area contributed by atoms with E-state index in [1.54, 1.807) is 11.3 Å². The zero-order valence-electron chi connectivity index (χ0n) is 45.7. The molecule has 10 heterocycles. The minimum Gasteiger partial charge on any atom is -0.493 e. The van der Waals surface area contributed by atoms with E-state index in [0.717, 1.165) is 72.1 Å². The molecule has 13 heteroatoms. The van der Waals surface area contributed by atoms with Gasteiger partial charge in [-0.05, 0) is 154 Å². The summed E-state index contributed by atoms with van der Waals surface area (Å²) >= 11 is 9.33. The van der Waals surface area contributed by atoms with Gasteiger partial charge < -0.3 is 37.9 Å². The van der Waals surface area contributed by atoms with Gasteiger partial charge in [-0.2, -0.15) is 0 Å². The highest BCUT2D eigenvalue weighted by Gasteiger charge is 2.22. The van der Waals surface area contributed by atoms with E-state index in [4.69, 9.17) is 37.9 Å². The Morgan fingerprint density at radius 3 is 1.26 bits per heavy atom. The number of fused-ring (bicyclic) bond motifs is 14. The second kappa shape index (κ2) is 22.9. The van der Waals surface area contributed by atoms with Gasteiger partial charge in [-0.3, -0.25) is 0 Å². The van der Waals surface area contributed by atoms with Crippen LogP contribution in [0.15, 0.2) is 91.0 Å². The Morgan fingerprint density at radius 2 is 0.701 bits per heavy atom. The van der Waals surface area contributed by atoms with Gasteiger partial charge in [0.05, 0.1) is 22.6 Å². The van der Waals surface area contributed by atoms with Crippen molar-refractivity contribution in [1.82, 2.24) is 0 Å². The van der Waals surface area contributed by atoms with Crippen LogP contribution in [0.2, 0.25) is 0 Å². The van der Waals surface area contributed by atoms with E-state index >= 15 is 0 Å². The fraction of sp³-hybridized carbons (Fsp3) is 0.375. The second-order valence-corrected chi connectivity index (χ2v) is 26.9. The van der Waals surface area contributed by atoms with Crippen LogP contribution >= 0.6 is 56.7 Å². The highest BCUT2D eigenvalue weighted by Crippen LogP contribution is 2.47. The molecule has 0 fully saturated rings. The van der Waals surface area contributed by atoms with Crippen LogP contribution in [0, 0.1) is 0 Å². The number of ether oxygens (including phenoxy) is 8. The van der Waals surface area contributed by atoms with Gasteiger partial charge in [0.2, 0.25) is 13.6 Å². The summed E-state index contributed by atoms with van der Waals surface area (Å²) in [6.45, 7) is 26.0. The zero-order chi connectivity index (χ0) is 53.5. The maximum absolute atomic E-state index is 5.72. The summed E-state index contributed by atoms with van der Waals surface area (Å²) in [6, 6.07) is 32.4. The van der Waals surface area contributed by atoms with Gasteiger partial charge in [-0.25, -0.2) is 0 Å². The number of aryl methyl sites for hydroxylation is 1. The highest BCUT2D eigenvalue weighted by atomic mass is 32.1. The van der Waals surface area contributed by atoms with Gasteiger partial charge in [0.1, 0.15) is 24.7 Å². The second-order valence-electron chi connectivity index (χ2n) is 21.5. The van der Waals surface area contributed by atoms with Crippen molar-refractivity contribution >= 4 is 107 Å². The largest absolute Gasteiger partial charge is 0.493 e. The molecule has 5 aliphatic rings. The third kappa shape index (κ3) is 11.3. The molecule has 15 rings (SSSR count). The monoisotopic (exact) mass is 1120 g/mol. The Hall–Kier alpha value is -5.70. The molecule has 77 heavy (non-hydrogen) atoms. The first-order valence-electron chi connectivity index (χ1n) is 27.1. The average molecular weight is 1130 g/mol. The topological polar surface area (TPSA) is 73.8 Å². The number of hydrogen-bond acceptors (Lipinski definition) is 13. The maximum atomic E-state index is 5.72. The molecule has 5 aromatic heterocycles. The molecule has 10 aromatic rings. The van der Waals surface area contributed by atoms with Gasteiger partial charge in [-0.15, -0.1) is 56.7 Å². The summed E-state index contributed by atoms with van der Waals surface area (Å²) in [6.07, 6.45) is 3.40. The lowest BCUT2D eigenvalue weighted by Gasteiger charge is -2.18. The number of thiophene rings is 5. The van der Waals surface area contributed by atoms with Gasteiger partial charge >= 0.3 is 0 Å². The molecule has 0 atom stereocenters. The van der Waals surface area contributed by atoms with Crippen molar-refractivity contribution in [2.45, 2.75) is 118 Å². The van der Waals surface area contributed by atoms with Crippen LogP contribution in [0.5, 0.6) is 46.0 Å². The average Bonchev–Trinajstić information content (AvgIpc) is 4.34. The normalized spacial score (nSPS) is 14.5. The van der Waals surface area contributed by atoms with Gasteiger partial charge in [0.15, 0.2) is 34.5 Å².